The van der Waals surface area contributed by atoms with Gasteiger partial charge in [0, 0.05) is 29.3 Å². The first-order valence-electron chi connectivity index (χ1n) is 12.5. The molecule has 3 aromatic rings. The van der Waals surface area contributed by atoms with E-state index in [2.05, 4.69) is 31.9 Å². The zero-order chi connectivity index (χ0) is 27.6. The highest BCUT2D eigenvalue weighted by atomic mass is 79.9. The third kappa shape index (κ3) is 8.25. The Morgan fingerprint density at radius 2 is 1.64 bits per heavy atom. The van der Waals surface area contributed by atoms with Gasteiger partial charge in [-0.25, -0.2) is 0 Å². The molecule has 5 N–H and O–H groups in total. The minimum Gasteiger partial charge on any atom is -0.397 e. The van der Waals surface area contributed by atoms with Crippen LogP contribution in [-0.4, -0.2) is 55.5 Å². The van der Waals surface area contributed by atoms with Gasteiger partial charge in [0.15, 0.2) is 0 Å². The van der Waals surface area contributed by atoms with Crippen molar-refractivity contribution in [3.63, 3.8) is 0 Å². The Labute approximate surface area is 235 Å². The van der Waals surface area contributed by atoms with E-state index >= 15 is 0 Å². The average Bonchev–Trinajstić information content (AvgIpc) is 2.95. The minimum absolute atomic E-state index is 0.00284. The number of ether oxygens (including phenoxy) is 1. The minimum atomic E-state index is -0.777. The number of rotatable bonds is 9. The van der Waals surface area contributed by atoms with Crippen LogP contribution in [0.4, 0.5) is 17.1 Å². The van der Waals surface area contributed by atoms with E-state index in [-0.39, 0.29) is 24.3 Å². The molecule has 202 valence electrons. The lowest BCUT2D eigenvalue weighted by Gasteiger charge is -2.28. The van der Waals surface area contributed by atoms with Crippen LogP contribution in [0, 0.1) is 0 Å². The number of carbonyl (C=O) groups is 3. The Kier molecular flexibility index (Phi) is 9.85. The summed E-state index contributed by atoms with van der Waals surface area (Å²) < 4.78 is 6.22. The van der Waals surface area contributed by atoms with Gasteiger partial charge in [0.2, 0.25) is 17.7 Å². The molecule has 1 heterocycles. The van der Waals surface area contributed by atoms with Gasteiger partial charge in [-0.05, 0) is 53.6 Å². The van der Waals surface area contributed by atoms with Gasteiger partial charge < -0.3 is 26.0 Å². The summed E-state index contributed by atoms with van der Waals surface area (Å²) in [4.78, 5) is 40.0. The number of nitrogen functional groups attached to an aromatic ring is 1. The molecule has 0 bridgehead atoms. The highest BCUT2D eigenvalue weighted by molar-refractivity contribution is 9.10. The molecule has 0 aromatic heterocycles. The summed E-state index contributed by atoms with van der Waals surface area (Å²) in [6, 6.07) is 20.7. The lowest BCUT2D eigenvalue weighted by molar-refractivity contribution is -0.134. The largest absolute Gasteiger partial charge is 0.397 e. The van der Waals surface area contributed by atoms with Crippen molar-refractivity contribution in [2.75, 3.05) is 49.2 Å². The summed E-state index contributed by atoms with van der Waals surface area (Å²) in [5.74, 6) is -0.702. The molecule has 1 unspecified atom stereocenters. The molecule has 0 saturated carbocycles. The lowest BCUT2D eigenvalue weighted by Crippen LogP contribution is -2.46. The fourth-order valence-electron chi connectivity index (χ4n) is 3.98. The van der Waals surface area contributed by atoms with Crippen molar-refractivity contribution < 1.29 is 19.1 Å². The average molecular weight is 592 g/mol. The van der Waals surface area contributed by atoms with Crippen molar-refractivity contribution in [3.8, 4) is 0 Å². The van der Waals surface area contributed by atoms with Crippen molar-refractivity contribution in [1.82, 2.24) is 10.2 Å². The van der Waals surface area contributed by atoms with Crippen LogP contribution in [0.2, 0.25) is 0 Å². The second-order valence-corrected chi connectivity index (χ2v) is 9.80. The van der Waals surface area contributed by atoms with E-state index in [1.54, 1.807) is 71.6 Å². The Hall–Kier alpha value is -3.99. The quantitative estimate of drug-likeness (QED) is 0.221. The molecule has 1 fully saturated rings. The molecular formula is C29H30BrN5O4. The Bertz CT molecular complexity index is 1320. The maximum Gasteiger partial charge on any atom is 0.248 e. The summed E-state index contributed by atoms with van der Waals surface area (Å²) in [6.07, 6.45) is 3.09. The number of benzene rings is 3. The summed E-state index contributed by atoms with van der Waals surface area (Å²) in [5.41, 5.74) is 8.99. The first-order valence-corrected chi connectivity index (χ1v) is 13.3. The maximum atomic E-state index is 13.3. The summed E-state index contributed by atoms with van der Waals surface area (Å²) in [6.45, 7) is 2.07. The first-order chi connectivity index (χ1) is 18.9. The number of amides is 3. The van der Waals surface area contributed by atoms with Crippen LogP contribution in [0.15, 0.2) is 83.3 Å². The van der Waals surface area contributed by atoms with Gasteiger partial charge in [-0.1, -0.05) is 52.3 Å². The van der Waals surface area contributed by atoms with Gasteiger partial charge in [0.1, 0.15) is 6.04 Å². The van der Waals surface area contributed by atoms with Crippen LogP contribution in [0.1, 0.15) is 17.2 Å². The number of morpholine rings is 1. The maximum absolute atomic E-state index is 13.3. The van der Waals surface area contributed by atoms with E-state index in [0.717, 1.165) is 10.0 Å². The fraction of sp³-hybridized carbons (Fsp3) is 0.207. The molecule has 0 radical (unpaired) electrons. The van der Waals surface area contributed by atoms with E-state index in [4.69, 9.17) is 10.5 Å². The number of halogens is 1. The summed E-state index contributed by atoms with van der Waals surface area (Å²) in [7, 11) is 0. The van der Waals surface area contributed by atoms with E-state index < -0.39 is 6.04 Å². The normalized spacial score (nSPS) is 14.1. The van der Waals surface area contributed by atoms with Crippen LogP contribution in [-0.2, 0) is 19.1 Å². The van der Waals surface area contributed by atoms with Crippen LogP contribution >= 0.6 is 15.9 Å². The number of hydrogen-bond donors (Lipinski definition) is 4. The Morgan fingerprint density at radius 1 is 0.949 bits per heavy atom. The standard InChI is InChI=1S/C29H30BrN5O4/c30-22-10-12-23(13-11-22)33-29(38)28(32-19-27(37)35-15-17-39-18-16-35)21-8-5-20(6-9-21)7-14-26(36)34-25-4-2-1-3-24(25)31/h1-14,28,32H,15-19,31H2,(H,33,38)(H,34,36)/b14-7+. The van der Waals surface area contributed by atoms with Gasteiger partial charge in [-0.2, -0.15) is 0 Å². The molecule has 1 aliphatic rings. The number of nitrogens with one attached hydrogen (secondary N) is 3. The van der Waals surface area contributed by atoms with Gasteiger partial charge in [0.25, 0.3) is 0 Å². The molecule has 10 heteroatoms. The van der Waals surface area contributed by atoms with Gasteiger partial charge >= 0.3 is 0 Å². The molecule has 1 atom stereocenters. The van der Waals surface area contributed by atoms with E-state index in [1.165, 1.54) is 6.08 Å². The predicted octanol–water partition coefficient (Wildman–Crippen LogP) is 3.81. The smallest absolute Gasteiger partial charge is 0.248 e. The van der Waals surface area contributed by atoms with Crippen molar-refractivity contribution in [2.24, 2.45) is 0 Å². The number of anilines is 3. The molecule has 1 saturated heterocycles. The SMILES string of the molecule is Nc1ccccc1NC(=O)/C=C/c1ccc(C(NCC(=O)N2CCOCC2)C(=O)Nc2ccc(Br)cc2)cc1. The van der Waals surface area contributed by atoms with Crippen LogP contribution < -0.4 is 21.7 Å². The zero-order valence-corrected chi connectivity index (χ0v) is 22.8. The van der Waals surface area contributed by atoms with Gasteiger partial charge in [-0.15, -0.1) is 0 Å². The van der Waals surface area contributed by atoms with Crippen molar-refractivity contribution >= 4 is 56.8 Å². The van der Waals surface area contributed by atoms with E-state index in [0.29, 0.717) is 48.9 Å². The number of hydrogen-bond acceptors (Lipinski definition) is 6. The fourth-order valence-corrected chi connectivity index (χ4v) is 4.24. The zero-order valence-electron chi connectivity index (χ0n) is 21.2. The third-order valence-corrected chi connectivity index (χ3v) is 6.64. The highest BCUT2D eigenvalue weighted by Crippen LogP contribution is 2.20. The number of nitrogens with zero attached hydrogens (tertiary/aromatic N) is 1. The van der Waals surface area contributed by atoms with Crippen LogP contribution in [0.5, 0.6) is 0 Å². The van der Waals surface area contributed by atoms with Crippen molar-refractivity contribution in [3.05, 3.63) is 94.5 Å². The van der Waals surface area contributed by atoms with Crippen molar-refractivity contribution in [1.29, 1.82) is 0 Å². The molecule has 1 aliphatic heterocycles. The van der Waals surface area contributed by atoms with E-state index in [9.17, 15) is 14.4 Å². The molecule has 9 nitrogen and oxygen atoms in total. The van der Waals surface area contributed by atoms with Crippen LogP contribution in [0.25, 0.3) is 6.08 Å². The van der Waals surface area contributed by atoms with Crippen molar-refractivity contribution in [2.45, 2.75) is 6.04 Å². The topological polar surface area (TPSA) is 126 Å². The second-order valence-electron chi connectivity index (χ2n) is 8.88. The molecule has 0 spiro atoms. The van der Waals surface area contributed by atoms with E-state index in [1.807, 2.05) is 12.1 Å². The summed E-state index contributed by atoms with van der Waals surface area (Å²) in [5, 5.41) is 8.77. The first kappa shape index (κ1) is 28.0. The van der Waals surface area contributed by atoms with Crippen LogP contribution in [0.3, 0.4) is 0 Å². The number of carbonyl (C=O) groups excluding carboxylic acids is 3. The lowest BCUT2D eigenvalue weighted by atomic mass is 10.0. The number of para-hydroxylation sites is 2. The monoisotopic (exact) mass is 591 g/mol. The summed E-state index contributed by atoms with van der Waals surface area (Å²) >= 11 is 3.39. The molecule has 3 aromatic carbocycles. The van der Waals surface area contributed by atoms with Gasteiger partial charge in [-0.3, -0.25) is 19.7 Å². The molecule has 3 amide bonds. The molecule has 0 aliphatic carbocycles. The highest BCUT2D eigenvalue weighted by Gasteiger charge is 2.24. The molecular weight excluding hydrogens is 562 g/mol. The van der Waals surface area contributed by atoms with Gasteiger partial charge in [0.05, 0.1) is 31.1 Å². The Morgan fingerprint density at radius 3 is 2.33 bits per heavy atom. The Balaban J connectivity index is 1.44. The number of nitrogens with two attached hydrogens (primary N) is 1. The third-order valence-electron chi connectivity index (χ3n) is 6.11. The molecule has 39 heavy (non-hydrogen) atoms. The second kappa shape index (κ2) is 13.7. The molecule has 4 rings (SSSR count). The predicted molar refractivity (Wildman–Crippen MR) is 156 cm³/mol.